The van der Waals surface area contributed by atoms with E-state index < -0.39 is 18.1 Å². The van der Waals surface area contributed by atoms with Gasteiger partial charge >= 0.3 is 6.09 Å². The average Bonchev–Trinajstić information content (AvgIpc) is 2.74. The van der Waals surface area contributed by atoms with Crippen LogP contribution in [0.25, 0.3) is 0 Å². The Balaban J connectivity index is 1.75. The molecule has 0 bridgehead atoms. The van der Waals surface area contributed by atoms with Crippen LogP contribution in [-0.2, 0) is 16.1 Å². The zero-order chi connectivity index (χ0) is 20.4. The number of amides is 2. The predicted molar refractivity (Wildman–Crippen MR) is 102 cm³/mol. The number of carbonyl (C=O) groups is 2. The molecule has 8 heteroatoms. The van der Waals surface area contributed by atoms with Crippen molar-refractivity contribution in [3.05, 3.63) is 59.7 Å². The molecule has 0 saturated carbocycles. The maximum atomic E-state index is 11.9. The van der Waals surface area contributed by atoms with Gasteiger partial charge in [-0.3, -0.25) is 4.79 Å². The molecule has 0 spiro atoms. The summed E-state index contributed by atoms with van der Waals surface area (Å²) in [5.41, 5.74) is 1.33. The van der Waals surface area contributed by atoms with Crippen molar-refractivity contribution in [1.82, 2.24) is 10.6 Å². The van der Waals surface area contributed by atoms with Gasteiger partial charge in [0.15, 0.2) is 0 Å². The van der Waals surface area contributed by atoms with Crippen LogP contribution in [0, 0.1) is 0 Å². The zero-order valence-electron chi connectivity index (χ0n) is 15.8. The highest BCUT2D eigenvalue weighted by molar-refractivity contribution is 5.82. The molecular weight excluding hydrogens is 364 g/mol. The summed E-state index contributed by atoms with van der Waals surface area (Å²) >= 11 is 0. The van der Waals surface area contributed by atoms with Crippen molar-refractivity contribution in [2.45, 2.75) is 12.7 Å². The van der Waals surface area contributed by atoms with E-state index in [0.717, 1.165) is 5.56 Å². The molecule has 2 rings (SSSR count). The Bertz CT molecular complexity index is 782. The second-order valence-corrected chi connectivity index (χ2v) is 5.84. The van der Waals surface area contributed by atoms with Crippen LogP contribution in [0.15, 0.2) is 48.5 Å². The lowest BCUT2D eigenvalue weighted by atomic mass is 10.1. The molecular formula is C20H24N2O6. The molecule has 0 aliphatic rings. The number of alkyl carbamates (subject to hydrolysis) is 1. The molecule has 1 atom stereocenters. The number of nitrogens with one attached hydrogen (secondary N) is 2. The van der Waals surface area contributed by atoms with Crippen molar-refractivity contribution >= 4 is 12.0 Å². The number of methoxy groups -OCH3 is 2. The fourth-order valence-electron chi connectivity index (χ4n) is 2.41. The van der Waals surface area contributed by atoms with E-state index in [-0.39, 0.29) is 19.7 Å². The van der Waals surface area contributed by atoms with Gasteiger partial charge in [0.05, 0.1) is 26.9 Å². The summed E-state index contributed by atoms with van der Waals surface area (Å²) in [6.45, 7) is -0.207. The molecule has 0 saturated heterocycles. The highest BCUT2D eigenvalue weighted by Crippen LogP contribution is 2.28. The normalized spacial score (nSPS) is 11.2. The van der Waals surface area contributed by atoms with E-state index in [4.69, 9.17) is 14.2 Å². The van der Waals surface area contributed by atoms with Crippen molar-refractivity contribution in [2.24, 2.45) is 0 Å². The topological polar surface area (TPSA) is 106 Å². The Morgan fingerprint density at radius 1 is 1.04 bits per heavy atom. The molecule has 8 nitrogen and oxygen atoms in total. The summed E-state index contributed by atoms with van der Waals surface area (Å²) < 4.78 is 15.4. The fraction of sp³-hybridized carbons (Fsp3) is 0.300. The first kappa shape index (κ1) is 21.0. The Hall–Kier alpha value is -3.26. The Morgan fingerprint density at radius 2 is 1.79 bits per heavy atom. The van der Waals surface area contributed by atoms with E-state index in [9.17, 15) is 14.7 Å². The molecule has 1 unspecified atom stereocenters. The van der Waals surface area contributed by atoms with Crippen LogP contribution in [0.1, 0.15) is 17.2 Å². The minimum atomic E-state index is -1.00. The van der Waals surface area contributed by atoms with Gasteiger partial charge in [-0.2, -0.15) is 0 Å². The minimum Gasteiger partial charge on any atom is -0.497 e. The van der Waals surface area contributed by atoms with Gasteiger partial charge in [0.2, 0.25) is 5.91 Å². The van der Waals surface area contributed by atoms with Crippen LogP contribution < -0.4 is 20.1 Å². The van der Waals surface area contributed by atoms with Gasteiger partial charge in [-0.15, -0.1) is 0 Å². The van der Waals surface area contributed by atoms with Crippen LogP contribution >= 0.6 is 0 Å². The number of hydrogen-bond donors (Lipinski definition) is 3. The highest BCUT2D eigenvalue weighted by Gasteiger charge is 2.16. The lowest BCUT2D eigenvalue weighted by Gasteiger charge is -2.16. The second kappa shape index (κ2) is 10.8. The number of aliphatic hydroxyl groups excluding tert-OH is 1. The van der Waals surface area contributed by atoms with Gasteiger partial charge in [0.1, 0.15) is 18.1 Å². The van der Waals surface area contributed by atoms with E-state index in [1.165, 1.54) is 14.2 Å². The number of aliphatic hydroxyl groups is 1. The summed E-state index contributed by atoms with van der Waals surface area (Å²) in [6.07, 6.45) is -1.70. The van der Waals surface area contributed by atoms with Gasteiger partial charge in [-0.05, 0) is 23.8 Å². The largest absolute Gasteiger partial charge is 0.497 e. The first-order chi connectivity index (χ1) is 13.5. The molecule has 150 valence electrons. The first-order valence-electron chi connectivity index (χ1n) is 8.64. The van der Waals surface area contributed by atoms with Gasteiger partial charge in [-0.25, -0.2) is 4.79 Å². The van der Waals surface area contributed by atoms with Crippen LogP contribution in [0.4, 0.5) is 4.79 Å². The summed E-state index contributed by atoms with van der Waals surface area (Å²) in [4.78, 5) is 23.5. The summed E-state index contributed by atoms with van der Waals surface area (Å²) in [6, 6.07) is 14.2. The minimum absolute atomic E-state index is 0.0525. The summed E-state index contributed by atoms with van der Waals surface area (Å²) in [5.74, 6) is 0.576. The molecule has 0 aromatic heterocycles. The van der Waals surface area contributed by atoms with Gasteiger partial charge in [0, 0.05) is 12.1 Å². The summed E-state index contributed by atoms with van der Waals surface area (Å²) in [7, 11) is 3.00. The average molecular weight is 388 g/mol. The lowest BCUT2D eigenvalue weighted by Crippen LogP contribution is -2.38. The molecule has 2 amide bonds. The number of ether oxygens (including phenoxy) is 3. The first-order valence-corrected chi connectivity index (χ1v) is 8.64. The van der Waals surface area contributed by atoms with Gasteiger partial charge in [-0.1, -0.05) is 30.3 Å². The Morgan fingerprint density at radius 3 is 2.46 bits per heavy atom. The van der Waals surface area contributed by atoms with Crippen molar-refractivity contribution in [3.8, 4) is 11.5 Å². The van der Waals surface area contributed by atoms with Crippen LogP contribution in [0.3, 0.4) is 0 Å². The molecule has 0 heterocycles. The van der Waals surface area contributed by atoms with E-state index in [2.05, 4.69) is 10.6 Å². The van der Waals surface area contributed by atoms with Crippen molar-refractivity contribution < 1.29 is 28.9 Å². The van der Waals surface area contributed by atoms with E-state index >= 15 is 0 Å². The molecule has 0 aliphatic carbocycles. The van der Waals surface area contributed by atoms with Crippen molar-refractivity contribution in [3.63, 3.8) is 0 Å². The molecule has 2 aromatic carbocycles. The van der Waals surface area contributed by atoms with Crippen molar-refractivity contribution in [2.75, 3.05) is 27.3 Å². The SMILES string of the molecule is COc1ccc(OC)c(C(O)CNC(=O)CNC(=O)OCc2ccccc2)c1. The molecule has 0 fully saturated rings. The van der Waals surface area contributed by atoms with E-state index in [1.807, 2.05) is 30.3 Å². The molecule has 0 radical (unpaired) electrons. The molecule has 0 aliphatic heterocycles. The maximum Gasteiger partial charge on any atom is 0.407 e. The Labute approximate surface area is 163 Å². The van der Waals surface area contributed by atoms with Crippen molar-refractivity contribution in [1.29, 1.82) is 0 Å². The maximum absolute atomic E-state index is 11.9. The fourth-order valence-corrected chi connectivity index (χ4v) is 2.41. The van der Waals surface area contributed by atoms with Gasteiger partial charge < -0.3 is 30.0 Å². The number of benzene rings is 2. The van der Waals surface area contributed by atoms with Crippen LogP contribution in [-0.4, -0.2) is 44.4 Å². The monoisotopic (exact) mass is 388 g/mol. The third-order valence-corrected chi connectivity index (χ3v) is 3.89. The Kier molecular flexibility index (Phi) is 8.11. The van der Waals surface area contributed by atoms with Crippen LogP contribution in [0.2, 0.25) is 0 Å². The predicted octanol–water partition coefficient (Wildman–Crippen LogP) is 1.78. The number of carbonyl (C=O) groups excluding carboxylic acids is 2. The summed E-state index contributed by atoms with van der Waals surface area (Å²) in [5, 5.41) is 15.2. The highest BCUT2D eigenvalue weighted by atomic mass is 16.5. The zero-order valence-corrected chi connectivity index (χ0v) is 15.8. The van der Waals surface area contributed by atoms with Gasteiger partial charge in [0.25, 0.3) is 0 Å². The van der Waals surface area contributed by atoms with E-state index in [1.54, 1.807) is 18.2 Å². The second-order valence-electron chi connectivity index (χ2n) is 5.84. The number of rotatable bonds is 9. The standard InChI is InChI=1S/C20H24N2O6/c1-26-15-8-9-18(27-2)16(10-15)17(23)11-21-19(24)12-22-20(25)28-13-14-6-4-3-5-7-14/h3-10,17,23H,11-13H2,1-2H3,(H,21,24)(H,22,25). The van der Waals surface area contributed by atoms with Crippen LogP contribution in [0.5, 0.6) is 11.5 Å². The molecule has 3 N–H and O–H groups in total. The molecule has 2 aromatic rings. The third-order valence-electron chi connectivity index (χ3n) is 3.89. The smallest absolute Gasteiger partial charge is 0.407 e. The quantitative estimate of drug-likeness (QED) is 0.605. The third kappa shape index (κ3) is 6.48. The molecule has 28 heavy (non-hydrogen) atoms. The lowest BCUT2D eigenvalue weighted by molar-refractivity contribution is -0.120. The van der Waals surface area contributed by atoms with E-state index in [0.29, 0.717) is 17.1 Å². The number of hydrogen-bond acceptors (Lipinski definition) is 6.